The largest absolute Gasteiger partial charge is 0.388 e. The molecule has 0 aliphatic carbocycles. The van der Waals surface area contributed by atoms with Gasteiger partial charge in [-0.25, -0.2) is 0 Å². The molecule has 1 fully saturated rings. The first-order chi connectivity index (χ1) is 6.50. The Morgan fingerprint density at radius 2 is 2.29 bits per heavy atom. The van der Waals surface area contributed by atoms with E-state index in [0.29, 0.717) is 6.54 Å². The molecule has 3 unspecified atom stereocenters. The van der Waals surface area contributed by atoms with E-state index in [1.54, 1.807) is 0 Å². The Morgan fingerprint density at radius 3 is 2.71 bits per heavy atom. The van der Waals surface area contributed by atoms with Crippen molar-refractivity contribution in [3.63, 3.8) is 0 Å². The predicted octanol–water partition coefficient (Wildman–Crippen LogP) is 0.864. The molecule has 0 radical (unpaired) electrons. The van der Waals surface area contributed by atoms with E-state index in [0.717, 1.165) is 25.8 Å². The maximum absolute atomic E-state index is 10.7. The molecule has 0 aromatic carbocycles. The number of aliphatic hydroxyl groups is 1. The monoisotopic (exact) mass is 200 g/mol. The molecule has 0 bridgehead atoms. The van der Waals surface area contributed by atoms with Gasteiger partial charge in [0.25, 0.3) is 0 Å². The van der Waals surface area contributed by atoms with Crippen molar-refractivity contribution in [1.29, 1.82) is 0 Å². The molecule has 14 heavy (non-hydrogen) atoms. The molecule has 1 heterocycles. The lowest BCUT2D eigenvalue weighted by atomic mass is 9.64. The van der Waals surface area contributed by atoms with Gasteiger partial charge in [-0.2, -0.15) is 0 Å². The SMILES string of the molecule is CCC(C)(CN)C1(O)CCCNC1C. The first-order valence-corrected chi connectivity index (χ1v) is 5.66. The highest BCUT2D eigenvalue weighted by Crippen LogP contribution is 2.41. The highest BCUT2D eigenvalue weighted by Gasteiger charge is 2.49. The fourth-order valence-corrected chi connectivity index (χ4v) is 2.51. The summed E-state index contributed by atoms with van der Waals surface area (Å²) in [6.07, 6.45) is 2.82. The van der Waals surface area contributed by atoms with Crippen LogP contribution in [-0.4, -0.2) is 29.8 Å². The van der Waals surface area contributed by atoms with Gasteiger partial charge >= 0.3 is 0 Å². The lowest BCUT2D eigenvalue weighted by molar-refractivity contribution is -0.114. The van der Waals surface area contributed by atoms with Crippen LogP contribution in [0.1, 0.15) is 40.0 Å². The molecule has 1 aliphatic heterocycles. The van der Waals surface area contributed by atoms with E-state index in [9.17, 15) is 5.11 Å². The molecule has 4 N–H and O–H groups in total. The molecular weight excluding hydrogens is 176 g/mol. The average Bonchev–Trinajstić information content (AvgIpc) is 2.21. The van der Waals surface area contributed by atoms with Crippen molar-refractivity contribution < 1.29 is 5.11 Å². The van der Waals surface area contributed by atoms with Crippen LogP contribution in [0.15, 0.2) is 0 Å². The van der Waals surface area contributed by atoms with Crippen molar-refractivity contribution in [3.8, 4) is 0 Å². The quantitative estimate of drug-likeness (QED) is 0.633. The zero-order valence-corrected chi connectivity index (χ0v) is 9.64. The van der Waals surface area contributed by atoms with Gasteiger partial charge in [0.1, 0.15) is 0 Å². The second-order valence-corrected chi connectivity index (χ2v) is 4.82. The van der Waals surface area contributed by atoms with E-state index in [1.807, 2.05) is 0 Å². The minimum atomic E-state index is -0.644. The Morgan fingerprint density at radius 1 is 1.64 bits per heavy atom. The van der Waals surface area contributed by atoms with Crippen LogP contribution in [0.2, 0.25) is 0 Å². The van der Waals surface area contributed by atoms with E-state index < -0.39 is 5.60 Å². The van der Waals surface area contributed by atoms with Crippen molar-refractivity contribution in [2.45, 2.75) is 51.7 Å². The van der Waals surface area contributed by atoms with Gasteiger partial charge in [0.2, 0.25) is 0 Å². The first kappa shape index (κ1) is 12.0. The van der Waals surface area contributed by atoms with Crippen molar-refractivity contribution >= 4 is 0 Å². The zero-order valence-electron chi connectivity index (χ0n) is 9.64. The maximum Gasteiger partial charge on any atom is 0.0862 e. The lowest BCUT2D eigenvalue weighted by Crippen LogP contribution is -2.63. The van der Waals surface area contributed by atoms with Crippen LogP contribution in [0.5, 0.6) is 0 Å². The number of hydrogen-bond donors (Lipinski definition) is 3. The van der Waals surface area contributed by atoms with Crippen LogP contribution in [0.4, 0.5) is 0 Å². The van der Waals surface area contributed by atoms with E-state index in [2.05, 4.69) is 26.1 Å². The van der Waals surface area contributed by atoms with E-state index >= 15 is 0 Å². The molecule has 0 spiro atoms. The second kappa shape index (κ2) is 4.17. The summed E-state index contributed by atoms with van der Waals surface area (Å²) in [5, 5.41) is 14.1. The van der Waals surface area contributed by atoms with Crippen LogP contribution in [0, 0.1) is 5.41 Å². The lowest BCUT2D eigenvalue weighted by Gasteiger charge is -2.50. The standard InChI is InChI=1S/C11H24N2O/c1-4-10(3,8-12)11(14)6-5-7-13-9(11)2/h9,13-14H,4-8,12H2,1-3H3. The summed E-state index contributed by atoms with van der Waals surface area (Å²) in [6.45, 7) is 7.81. The first-order valence-electron chi connectivity index (χ1n) is 5.66. The Hall–Kier alpha value is -0.120. The number of piperidine rings is 1. The predicted molar refractivity (Wildman–Crippen MR) is 59.1 cm³/mol. The molecule has 3 nitrogen and oxygen atoms in total. The van der Waals surface area contributed by atoms with Gasteiger partial charge in [0, 0.05) is 18.0 Å². The molecule has 3 heteroatoms. The summed E-state index contributed by atoms with van der Waals surface area (Å²) in [7, 11) is 0. The van der Waals surface area contributed by atoms with Crippen LogP contribution in [-0.2, 0) is 0 Å². The molecule has 1 rings (SSSR count). The van der Waals surface area contributed by atoms with Crippen molar-refractivity contribution in [3.05, 3.63) is 0 Å². The van der Waals surface area contributed by atoms with Crippen LogP contribution in [0.25, 0.3) is 0 Å². The summed E-state index contributed by atoms with van der Waals surface area (Å²) >= 11 is 0. The van der Waals surface area contributed by atoms with Gasteiger partial charge < -0.3 is 16.2 Å². The van der Waals surface area contributed by atoms with Gasteiger partial charge in [-0.3, -0.25) is 0 Å². The molecule has 1 aliphatic rings. The fraction of sp³-hybridized carbons (Fsp3) is 1.00. The molecule has 0 aromatic heterocycles. The van der Waals surface area contributed by atoms with Crippen LogP contribution < -0.4 is 11.1 Å². The van der Waals surface area contributed by atoms with E-state index in [-0.39, 0.29) is 11.5 Å². The molecule has 0 amide bonds. The van der Waals surface area contributed by atoms with Gasteiger partial charge in [-0.1, -0.05) is 13.8 Å². The average molecular weight is 200 g/mol. The minimum Gasteiger partial charge on any atom is -0.388 e. The third kappa shape index (κ3) is 1.69. The Labute approximate surface area is 87.1 Å². The molecule has 0 saturated carbocycles. The molecule has 3 atom stereocenters. The van der Waals surface area contributed by atoms with Gasteiger partial charge in [-0.05, 0) is 32.7 Å². The topological polar surface area (TPSA) is 58.3 Å². The van der Waals surface area contributed by atoms with Crippen LogP contribution >= 0.6 is 0 Å². The van der Waals surface area contributed by atoms with E-state index in [1.165, 1.54) is 0 Å². The second-order valence-electron chi connectivity index (χ2n) is 4.82. The highest BCUT2D eigenvalue weighted by molar-refractivity contribution is 5.04. The summed E-state index contributed by atoms with van der Waals surface area (Å²) in [5.74, 6) is 0. The summed E-state index contributed by atoms with van der Waals surface area (Å²) < 4.78 is 0. The Balaban J connectivity index is 2.89. The smallest absolute Gasteiger partial charge is 0.0862 e. The number of nitrogens with one attached hydrogen (secondary N) is 1. The number of rotatable bonds is 3. The summed E-state index contributed by atoms with van der Waals surface area (Å²) in [5.41, 5.74) is 5.00. The minimum absolute atomic E-state index is 0.143. The van der Waals surface area contributed by atoms with Gasteiger partial charge in [0.05, 0.1) is 5.60 Å². The Bertz CT molecular complexity index is 192. The normalized spacial score (nSPS) is 37.9. The molecule has 1 saturated heterocycles. The number of hydrogen-bond acceptors (Lipinski definition) is 3. The maximum atomic E-state index is 10.7. The fourth-order valence-electron chi connectivity index (χ4n) is 2.51. The van der Waals surface area contributed by atoms with Gasteiger partial charge in [-0.15, -0.1) is 0 Å². The highest BCUT2D eigenvalue weighted by atomic mass is 16.3. The zero-order chi connectivity index (χ0) is 10.8. The summed E-state index contributed by atoms with van der Waals surface area (Å²) in [6, 6.07) is 0.143. The third-order valence-corrected chi connectivity index (χ3v) is 4.18. The van der Waals surface area contributed by atoms with Crippen molar-refractivity contribution in [1.82, 2.24) is 5.32 Å². The molecular formula is C11H24N2O. The Kier molecular flexibility index (Phi) is 3.56. The molecule has 84 valence electrons. The van der Waals surface area contributed by atoms with E-state index in [4.69, 9.17) is 5.73 Å². The number of nitrogens with two attached hydrogens (primary N) is 1. The van der Waals surface area contributed by atoms with Crippen molar-refractivity contribution in [2.75, 3.05) is 13.1 Å². The van der Waals surface area contributed by atoms with Crippen LogP contribution in [0.3, 0.4) is 0 Å². The van der Waals surface area contributed by atoms with Crippen molar-refractivity contribution in [2.24, 2.45) is 11.1 Å². The summed E-state index contributed by atoms with van der Waals surface area (Å²) in [4.78, 5) is 0. The van der Waals surface area contributed by atoms with Gasteiger partial charge in [0.15, 0.2) is 0 Å². The third-order valence-electron chi connectivity index (χ3n) is 4.18. The molecule has 0 aromatic rings.